The zero-order valence-electron chi connectivity index (χ0n) is 12.4. The van der Waals surface area contributed by atoms with Crippen molar-refractivity contribution in [3.63, 3.8) is 0 Å². The van der Waals surface area contributed by atoms with Gasteiger partial charge in [0.25, 0.3) is 0 Å². The van der Waals surface area contributed by atoms with Gasteiger partial charge in [0.2, 0.25) is 5.91 Å². The molecule has 1 amide bonds. The Labute approximate surface area is 129 Å². The number of carbonyl (C=O) groups is 1. The fraction of sp³-hybridized carbons (Fsp3) is 0.429. The van der Waals surface area contributed by atoms with Crippen LogP contribution in [0.4, 0.5) is 0 Å². The number of oxime groups is 1. The first-order valence-corrected chi connectivity index (χ1v) is 6.89. The third-order valence-electron chi connectivity index (χ3n) is 3.18. The summed E-state index contributed by atoms with van der Waals surface area (Å²) in [7, 11) is 1.62. The van der Waals surface area contributed by atoms with E-state index < -0.39 is 5.41 Å². The second-order valence-corrected chi connectivity index (χ2v) is 5.77. The number of rotatable bonds is 6. The molecule has 0 saturated carbocycles. The second-order valence-electron chi connectivity index (χ2n) is 5.36. The van der Waals surface area contributed by atoms with Crippen LogP contribution in [0.5, 0.6) is 0 Å². The van der Waals surface area contributed by atoms with Gasteiger partial charge in [0.05, 0.1) is 5.41 Å². The van der Waals surface area contributed by atoms with E-state index in [9.17, 15) is 4.79 Å². The topological polar surface area (TPSA) is 99.7 Å². The van der Waals surface area contributed by atoms with Gasteiger partial charge in [-0.3, -0.25) is 4.79 Å². The average Bonchev–Trinajstić information content (AvgIpc) is 2.46. The normalized spacial score (nSPS) is 12.3. The zero-order chi connectivity index (χ0) is 16.0. The van der Waals surface area contributed by atoms with Crippen molar-refractivity contribution in [3.05, 3.63) is 34.3 Å². The van der Waals surface area contributed by atoms with Crippen molar-refractivity contribution in [2.45, 2.75) is 20.4 Å². The van der Waals surface area contributed by atoms with Gasteiger partial charge >= 0.3 is 0 Å². The average molecular weight is 313 g/mol. The first kappa shape index (κ1) is 17.3. The van der Waals surface area contributed by atoms with E-state index in [-0.39, 0.29) is 11.7 Å². The number of hydrogen-bond acceptors (Lipinski definition) is 4. The smallest absolute Gasteiger partial charge is 0.226 e. The summed E-state index contributed by atoms with van der Waals surface area (Å²) >= 11 is 6.16. The molecule has 0 aliphatic carbocycles. The highest BCUT2D eigenvalue weighted by atomic mass is 35.5. The Morgan fingerprint density at radius 3 is 2.67 bits per heavy atom. The van der Waals surface area contributed by atoms with Gasteiger partial charge < -0.3 is 21.6 Å². The van der Waals surface area contributed by atoms with Gasteiger partial charge in [-0.05, 0) is 25.5 Å². The highest BCUT2D eigenvalue weighted by Crippen LogP contribution is 2.19. The standard InChI is InChI=1S/C14H21ClN4O2/c1-14(2,13(20)17-3)8-18-7-10-5-4-9(6-11(10)15)12(16)19-21/h4-6,18,21H,7-8H2,1-3H3,(H2,16,19)(H,17,20). The van der Waals surface area contributed by atoms with Gasteiger partial charge in [0.1, 0.15) is 0 Å². The molecule has 5 N–H and O–H groups in total. The fourth-order valence-electron chi connectivity index (χ4n) is 1.84. The van der Waals surface area contributed by atoms with E-state index >= 15 is 0 Å². The van der Waals surface area contributed by atoms with Crippen molar-refractivity contribution in [1.29, 1.82) is 0 Å². The molecule has 0 aliphatic rings. The number of nitrogens with zero attached hydrogens (tertiary/aromatic N) is 1. The molecule has 7 heteroatoms. The molecule has 0 aromatic heterocycles. The molecule has 1 rings (SSSR count). The molecule has 6 nitrogen and oxygen atoms in total. The van der Waals surface area contributed by atoms with Gasteiger partial charge in [0, 0.05) is 30.7 Å². The number of amides is 1. The van der Waals surface area contributed by atoms with Gasteiger partial charge in [-0.2, -0.15) is 0 Å². The van der Waals surface area contributed by atoms with Crippen LogP contribution in [-0.4, -0.2) is 30.5 Å². The van der Waals surface area contributed by atoms with Crippen molar-refractivity contribution in [1.82, 2.24) is 10.6 Å². The van der Waals surface area contributed by atoms with Crippen molar-refractivity contribution in [2.24, 2.45) is 16.3 Å². The summed E-state index contributed by atoms with van der Waals surface area (Å²) in [6, 6.07) is 5.16. The highest BCUT2D eigenvalue weighted by Gasteiger charge is 2.25. The van der Waals surface area contributed by atoms with Crippen LogP contribution in [0.15, 0.2) is 23.4 Å². The van der Waals surface area contributed by atoms with Gasteiger partial charge in [-0.25, -0.2) is 0 Å². The number of benzene rings is 1. The van der Waals surface area contributed by atoms with E-state index in [1.54, 1.807) is 25.2 Å². The van der Waals surface area contributed by atoms with E-state index in [4.69, 9.17) is 22.5 Å². The number of halogens is 1. The minimum atomic E-state index is -0.505. The maximum Gasteiger partial charge on any atom is 0.226 e. The molecule has 0 saturated heterocycles. The first-order chi connectivity index (χ1) is 9.81. The monoisotopic (exact) mass is 312 g/mol. The predicted octanol–water partition coefficient (Wildman–Crippen LogP) is 1.30. The van der Waals surface area contributed by atoms with Gasteiger partial charge in [-0.1, -0.05) is 28.9 Å². The maximum absolute atomic E-state index is 11.7. The number of nitrogens with two attached hydrogens (primary N) is 1. The third kappa shape index (κ3) is 4.61. The van der Waals surface area contributed by atoms with E-state index in [0.29, 0.717) is 23.7 Å². The summed E-state index contributed by atoms with van der Waals surface area (Å²) in [5.74, 6) is -0.0134. The molecule has 116 valence electrons. The summed E-state index contributed by atoms with van der Waals surface area (Å²) in [6.07, 6.45) is 0. The summed E-state index contributed by atoms with van der Waals surface area (Å²) in [6.45, 7) is 4.77. The van der Waals surface area contributed by atoms with E-state index in [1.807, 2.05) is 13.8 Å². The van der Waals surface area contributed by atoms with E-state index in [1.165, 1.54) is 0 Å². The van der Waals surface area contributed by atoms with Crippen molar-refractivity contribution in [2.75, 3.05) is 13.6 Å². The largest absolute Gasteiger partial charge is 0.409 e. The Bertz CT molecular complexity index is 544. The van der Waals surface area contributed by atoms with Crippen LogP contribution in [0.1, 0.15) is 25.0 Å². The Balaban J connectivity index is 2.67. The van der Waals surface area contributed by atoms with Crippen molar-refractivity contribution < 1.29 is 10.0 Å². The summed E-state index contributed by atoms with van der Waals surface area (Å²) in [4.78, 5) is 11.7. The quantitative estimate of drug-likeness (QED) is 0.275. The van der Waals surface area contributed by atoms with Gasteiger partial charge in [-0.15, -0.1) is 0 Å². The lowest BCUT2D eigenvalue weighted by Crippen LogP contribution is -2.41. The Hall–Kier alpha value is -1.79. The summed E-state index contributed by atoms with van der Waals surface area (Å²) in [5, 5.41) is 17.9. The molecule has 0 atom stereocenters. The number of amidine groups is 1. The molecule has 1 aromatic rings. The molecule has 0 aliphatic heterocycles. The molecule has 0 heterocycles. The lowest BCUT2D eigenvalue weighted by atomic mass is 9.92. The minimum Gasteiger partial charge on any atom is -0.409 e. The molecule has 0 unspecified atom stereocenters. The molecule has 0 spiro atoms. The summed E-state index contributed by atoms with van der Waals surface area (Å²) < 4.78 is 0. The zero-order valence-corrected chi connectivity index (χ0v) is 13.2. The molecular formula is C14H21ClN4O2. The molecular weight excluding hydrogens is 292 g/mol. The highest BCUT2D eigenvalue weighted by molar-refractivity contribution is 6.31. The maximum atomic E-state index is 11.7. The Kier molecular flexibility index (Phi) is 5.99. The predicted molar refractivity (Wildman–Crippen MR) is 83.5 cm³/mol. The van der Waals surface area contributed by atoms with Crippen LogP contribution < -0.4 is 16.4 Å². The van der Waals surface area contributed by atoms with Crippen LogP contribution in [0, 0.1) is 5.41 Å². The molecule has 0 radical (unpaired) electrons. The van der Waals surface area contributed by atoms with E-state index in [0.717, 1.165) is 5.56 Å². The fourth-order valence-corrected chi connectivity index (χ4v) is 2.08. The number of hydrogen-bond donors (Lipinski definition) is 4. The van der Waals surface area contributed by atoms with Gasteiger partial charge in [0.15, 0.2) is 5.84 Å². The van der Waals surface area contributed by atoms with Crippen LogP contribution in [0.2, 0.25) is 5.02 Å². The van der Waals surface area contributed by atoms with Crippen molar-refractivity contribution in [3.8, 4) is 0 Å². The second kappa shape index (κ2) is 7.28. The Morgan fingerprint density at radius 2 is 2.14 bits per heavy atom. The van der Waals surface area contributed by atoms with Crippen molar-refractivity contribution >= 4 is 23.3 Å². The lowest BCUT2D eigenvalue weighted by molar-refractivity contribution is -0.128. The SMILES string of the molecule is CNC(=O)C(C)(C)CNCc1ccc(/C(N)=N/O)cc1Cl. The molecule has 1 aromatic carbocycles. The molecule has 0 bridgehead atoms. The number of nitrogens with one attached hydrogen (secondary N) is 2. The van der Waals surface area contributed by atoms with Crippen LogP contribution in [-0.2, 0) is 11.3 Å². The van der Waals surface area contributed by atoms with E-state index in [2.05, 4.69) is 15.8 Å². The van der Waals surface area contributed by atoms with Crippen LogP contribution >= 0.6 is 11.6 Å². The minimum absolute atomic E-state index is 0.0113. The summed E-state index contributed by atoms with van der Waals surface area (Å²) in [5.41, 5.74) is 6.42. The first-order valence-electron chi connectivity index (χ1n) is 6.51. The Morgan fingerprint density at radius 1 is 1.48 bits per heavy atom. The number of carbonyl (C=O) groups excluding carboxylic acids is 1. The lowest BCUT2D eigenvalue weighted by Gasteiger charge is -2.23. The van der Waals surface area contributed by atoms with Crippen LogP contribution in [0.25, 0.3) is 0 Å². The third-order valence-corrected chi connectivity index (χ3v) is 3.53. The molecule has 0 fully saturated rings. The molecule has 21 heavy (non-hydrogen) atoms. The van der Waals surface area contributed by atoms with Crippen LogP contribution in [0.3, 0.4) is 0 Å².